The number of rotatable bonds is 23. The van der Waals surface area contributed by atoms with Crippen molar-refractivity contribution in [3.05, 3.63) is 175 Å². The molecule has 1 aliphatic carbocycles. The first-order chi connectivity index (χ1) is 31.8. The van der Waals surface area contributed by atoms with Gasteiger partial charge in [-0.25, -0.2) is 0 Å². The Balaban J connectivity index is 1.38. The Hall–Kier alpha value is -4.90. The molecule has 0 saturated heterocycles. The lowest BCUT2D eigenvalue weighted by molar-refractivity contribution is -0.140. The lowest BCUT2D eigenvalue weighted by Gasteiger charge is -2.45. The van der Waals surface area contributed by atoms with E-state index in [2.05, 4.69) is 149 Å². The maximum atomic E-state index is 14.2. The Morgan fingerprint density at radius 1 is 0.758 bits per heavy atom. The van der Waals surface area contributed by atoms with E-state index >= 15 is 0 Å². The van der Waals surface area contributed by atoms with E-state index < -0.39 is 24.5 Å². The molecule has 1 saturated carbocycles. The van der Waals surface area contributed by atoms with E-state index in [1.54, 1.807) is 24.3 Å². The van der Waals surface area contributed by atoms with Crippen molar-refractivity contribution in [1.29, 1.82) is 0 Å². The molecule has 0 unspecified atom stereocenters. The fourth-order valence-corrected chi connectivity index (χ4v) is 15.1. The van der Waals surface area contributed by atoms with Crippen LogP contribution in [0.1, 0.15) is 96.6 Å². The number of aryl methyl sites for hydroxylation is 1. The number of unbranched alkanes of at least 4 members (excludes halogenated alkanes) is 3. The van der Waals surface area contributed by atoms with Gasteiger partial charge < -0.3 is 13.9 Å². The van der Waals surface area contributed by atoms with Crippen molar-refractivity contribution in [3.8, 4) is 11.1 Å². The summed E-state index contributed by atoms with van der Waals surface area (Å²) in [6, 6.07) is 47.0. The summed E-state index contributed by atoms with van der Waals surface area (Å²) in [4.78, 5) is 12.0. The first kappa shape index (κ1) is 50.5. The third-order valence-electron chi connectivity index (χ3n) is 12.9. The third-order valence-corrected chi connectivity index (χ3v) is 19.3. The van der Waals surface area contributed by atoms with Crippen LogP contribution in [0.3, 0.4) is 0 Å². The van der Waals surface area contributed by atoms with Gasteiger partial charge in [0.15, 0.2) is 0 Å². The number of carbonyl (C=O) groups is 1. The van der Waals surface area contributed by atoms with E-state index in [1.807, 2.05) is 25.1 Å². The highest BCUT2D eigenvalue weighted by Crippen LogP contribution is 2.43. The molecule has 5 atom stereocenters. The van der Waals surface area contributed by atoms with Crippen LogP contribution in [0.25, 0.3) is 11.1 Å². The minimum atomic E-state index is -4.13. The highest BCUT2D eigenvalue weighted by molar-refractivity contribution is 7.86. The number of esters is 1. The Bertz CT molecular complexity index is 2360. The van der Waals surface area contributed by atoms with E-state index in [-0.39, 0.29) is 39.9 Å². The van der Waals surface area contributed by atoms with Crippen LogP contribution in [0.15, 0.2) is 169 Å². The van der Waals surface area contributed by atoms with Crippen molar-refractivity contribution in [2.24, 2.45) is 11.8 Å². The molecular formula is C57H70O7SSi. The average molecular weight is 927 g/mol. The number of carbonyl (C=O) groups excluding carboxylic acids is 1. The van der Waals surface area contributed by atoms with Crippen LogP contribution in [-0.4, -0.2) is 48.1 Å². The summed E-state index contributed by atoms with van der Waals surface area (Å²) in [7, 11) is -5.67. The average Bonchev–Trinajstić information content (AvgIpc) is 3.64. The standard InChI is InChI=1S/C57H70O7SSi/c1-7-8-14-25-48(64-66(57(3,4)5,50-26-17-12-18-27-50)51-28-19-13-20-29-51)38-41-53-52(30-21-9-10-22-31-56(58)61-6)54(42-55(53)63-65(59,60)49-39-32-44(2)33-40-49)62-43-45-34-36-47(37-35-45)46-23-15-11-16-24-46/h9,11-13,15-21,23-24,26-29,32-41,48,52-55H,7-8,10,14,22,25,30-31,42-43H2,1-6H3/b21-9-,41-38+/t48-,52-,53-,54+,55-/m1/s1. The molecule has 0 aliphatic heterocycles. The summed E-state index contributed by atoms with van der Waals surface area (Å²) in [5.41, 5.74) is 4.28. The molecule has 7 nitrogen and oxygen atoms in total. The second kappa shape index (κ2) is 24.2. The minimum Gasteiger partial charge on any atom is -0.469 e. The number of hydrogen-bond donors (Lipinski definition) is 0. The molecule has 0 N–H and O–H groups in total. The van der Waals surface area contributed by atoms with Crippen molar-refractivity contribution >= 4 is 34.8 Å². The van der Waals surface area contributed by atoms with Gasteiger partial charge in [-0.3, -0.25) is 8.98 Å². The number of hydrogen-bond acceptors (Lipinski definition) is 7. The fraction of sp³-hybridized carbons (Fsp3) is 0.386. The first-order valence-electron chi connectivity index (χ1n) is 23.8. The van der Waals surface area contributed by atoms with Crippen LogP contribution in [-0.2, 0) is 39.6 Å². The molecule has 0 heterocycles. The summed E-state index contributed by atoms with van der Waals surface area (Å²) in [6.07, 6.45) is 14.1. The van der Waals surface area contributed by atoms with Gasteiger partial charge in [0, 0.05) is 18.8 Å². The van der Waals surface area contributed by atoms with Gasteiger partial charge in [-0.1, -0.05) is 204 Å². The highest BCUT2D eigenvalue weighted by Gasteiger charge is 2.51. The molecule has 6 rings (SSSR count). The molecule has 0 spiro atoms. The van der Waals surface area contributed by atoms with Crippen LogP contribution < -0.4 is 10.4 Å². The number of benzene rings is 5. The van der Waals surface area contributed by atoms with Crippen molar-refractivity contribution in [2.45, 2.75) is 127 Å². The molecule has 1 fully saturated rings. The zero-order chi connectivity index (χ0) is 47.0. The van der Waals surface area contributed by atoms with E-state index in [4.69, 9.17) is 18.1 Å². The topological polar surface area (TPSA) is 88.1 Å². The number of methoxy groups -OCH3 is 1. The monoisotopic (exact) mass is 926 g/mol. The Morgan fingerprint density at radius 2 is 1.36 bits per heavy atom. The van der Waals surface area contributed by atoms with Crippen LogP contribution in [0.4, 0.5) is 0 Å². The molecule has 0 bridgehead atoms. The normalized spacial score (nSPS) is 18.5. The Kier molecular flexibility index (Phi) is 18.5. The molecule has 66 heavy (non-hydrogen) atoms. The second-order valence-electron chi connectivity index (χ2n) is 18.7. The maximum Gasteiger partial charge on any atom is 0.305 e. The summed E-state index contributed by atoms with van der Waals surface area (Å²) in [5.74, 6) is -0.672. The van der Waals surface area contributed by atoms with Crippen molar-refractivity contribution in [1.82, 2.24) is 0 Å². The van der Waals surface area contributed by atoms with Gasteiger partial charge >= 0.3 is 5.97 Å². The van der Waals surface area contributed by atoms with Gasteiger partial charge in [-0.2, -0.15) is 8.42 Å². The molecular weight excluding hydrogens is 857 g/mol. The van der Waals surface area contributed by atoms with Gasteiger partial charge in [0.25, 0.3) is 18.4 Å². The van der Waals surface area contributed by atoms with Crippen molar-refractivity contribution in [2.75, 3.05) is 7.11 Å². The first-order valence-corrected chi connectivity index (χ1v) is 27.1. The fourth-order valence-electron chi connectivity index (χ4n) is 9.30. The van der Waals surface area contributed by atoms with Crippen LogP contribution in [0.2, 0.25) is 5.04 Å². The van der Waals surface area contributed by atoms with Gasteiger partial charge in [-0.15, -0.1) is 0 Å². The summed E-state index contributed by atoms with van der Waals surface area (Å²) in [6.45, 7) is 11.4. The smallest absolute Gasteiger partial charge is 0.305 e. The lowest BCUT2D eigenvalue weighted by Crippen LogP contribution is -2.67. The lowest BCUT2D eigenvalue weighted by atomic mass is 9.89. The summed E-state index contributed by atoms with van der Waals surface area (Å²) < 4.78 is 54.2. The van der Waals surface area contributed by atoms with Crippen molar-refractivity contribution in [3.63, 3.8) is 0 Å². The zero-order valence-corrected chi connectivity index (χ0v) is 41.6. The van der Waals surface area contributed by atoms with E-state index in [0.29, 0.717) is 32.3 Å². The molecule has 0 aromatic heterocycles. The van der Waals surface area contributed by atoms with E-state index in [0.717, 1.165) is 54.4 Å². The van der Waals surface area contributed by atoms with Crippen LogP contribution in [0, 0.1) is 18.8 Å². The van der Waals surface area contributed by atoms with Gasteiger partial charge in [0.2, 0.25) is 0 Å². The predicted molar refractivity (Wildman–Crippen MR) is 271 cm³/mol. The van der Waals surface area contributed by atoms with Gasteiger partial charge in [-0.05, 0) is 82.8 Å². The van der Waals surface area contributed by atoms with E-state index in [9.17, 15) is 13.2 Å². The second-order valence-corrected chi connectivity index (χ2v) is 24.5. The molecule has 0 amide bonds. The summed E-state index contributed by atoms with van der Waals surface area (Å²) >= 11 is 0. The molecule has 0 radical (unpaired) electrons. The van der Waals surface area contributed by atoms with E-state index in [1.165, 1.54) is 17.5 Å². The zero-order valence-electron chi connectivity index (χ0n) is 39.8. The van der Waals surface area contributed by atoms with Gasteiger partial charge in [0.1, 0.15) is 0 Å². The molecule has 350 valence electrons. The molecule has 5 aromatic rings. The third kappa shape index (κ3) is 13.4. The van der Waals surface area contributed by atoms with Crippen LogP contribution >= 0.6 is 0 Å². The SMILES string of the molecule is CCCCC[C@H](/C=C/[C@@H]1[C@@H](C/C=C\CCCC(=O)OC)[C@@H](OCc2ccc(-c3ccccc3)cc2)C[C@H]1OS(=O)(=O)c1ccc(C)cc1)O[Si](c1ccccc1)(c1ccccc1)C(C)(C)C. The Morgan fingerprint density at radius 3 is 1.95 bits per heavy atom. The minimum absolute atomic E-state index is 0.121. The van der Waals surface area contributed by atoms with Gasteiger partial charge in [0.05, 0.1) is 36.9 Å². The Labute approximate surface area is 396 Å². The quantitative estimate of drug-likeness (QED) is 0.0212. The molecule has 9 heteroatoms. The highest BCUT2D eigenvalue weighted by atomic mass is 32.2. The predicted octanol–water partition coefficient (Wildman–Crippen LogP) is 12.3. The largest absolute Gasteiger partial charge is 0.469 e. The number of allylic oxidation sites excluding steroid dienone is 2. The number of ether oxygens (including phenoxy) is 2. The molecule has 5 aromatic carbocycles. The summed E-state index contributed by atoms with van der Waals surface area (Å²) in [5, 5.41) is 2.20. The molecule has 1 aliphatic rings. The van der Waals surface area contributed by atoms with Crippen LogP contribution in [0.5, 0.6) is 0 Å². The van der Waals surface area contributed by atoms with Crippen molar-refractivity contribution < 1.29 is 31.3 Å². The maximum absolute atomic E-state index is 14.2.